The zero-order valence-electron chi connectivity index (χ0n) is 11.4. The Morgan fingerprint density at radius 2 is 2.10 bits per heavy atom. The molecule has 0 unspecified atom stereocenters. The molecule has 21 heavy (non-hydrogen) atoms. The molecule has 0 aliphatic heterocycles. The minimum absolute atomic E-state index is 0.0169. The minimum Gasteiger partial charge on any atom is -0.375 e. The highest BCUT2D eigenvalue weighted by molar-refractivity contribution is 8.13. The van der Waals surface area contributed by atoms with Crippen molar-refractivity contribution in [3.8, 4) is 0 Å². The first kappa shape index (κ1) is 18.2. The number of aromatic nitrogens is 2. The lowest BCUT2D eigenvalue weighted by molar-refractivity contribution is -0.137. The molecule has 0 radical (unpaired) electrons. The van der Waals surface area contributed by atoms with Gasteiger partial charge in [0.1, 0.15) is 10.6 Å². The van der Waals surface area contributed by atoms with Gasteiger partial charge in [-0.25, -0.2) is 8.42 Å². The smallest absolute Gasteiger partial charge is 0.375 e. The fourth-order valence-electron chi connectivity index (χ4n) is 1.52. The Morgan fingerprint density at radius 1 is 1.43 bits per heavy atom. The van der Waals surface area contributed by atoms with Crippen molar-refractivity contribution in [1.82, 2.24) is 9.78 Å². The molecule has 1 heterocycles. The van der Waals surface area contributed by atoms with E-state index < -0.39 is 28.2 Å². The highest BCUT2D eigenvalue weighted by Gasteiger charge is 2.28. The van der Waals surface area contributed by atoms with E-state index in [0.29, 0.717) is 6.61 Å². The zero-order valence-corrected chi connectivity index (χ0v) is 12.9. The molecule has 1 aromatic rings. The summed E-state index contributed by atoms with van der Waals surface area (Å²) in [5, 5.41) is 3.81. The lowest BCUT2D eigenvalue weighted by Gasteiger charge is -2.05. The molecule has 10 heteroatoms. The summed E-state index contributed by atoms with van der Waals surface area (Å²) in [5.74, 6) is 0. The maximum absolute atomic E-state index is 12.2. The van der Waals surface area contributed by atoms with Crippen LogP contribution in [-0.2, 0) is 26.9 Å². The molecule has 0 fully saturated rings. The van der Waals surface area contributed by atoms with Gasteiger partial charge in [0.2, 0.25) is 0 Å². The topological polar surface area (TPSA) is 61.2 Å². The van der Waals surface area contributed by atoms with Crippen molar-refractivity contribution in [3.63, 3.8) is 0 Å². The lowest BCUT2D eigenvalue weighted by atomic mass is 10.4. The van der Waals surface area contributed by atoms with Gasteiger partial charge < -0.3 is 4.74 Å². The van der Waals surface area contributed by atoms with Gasteiger partial charge in [0.15, 0.2) is 0 Å². The molecule has 0 aliphatic carbocycles. The first-order valence-corrected chi connectivity index (χ1v) is 8.60. The van der Waals surface area contributed by atoms with E-state index >= 15 is 0 Å². The molecule has 1 aromatic heterocycles. The number of hydrogen-bond donors (Lipinski definition) is 0. The summed E-state index contributed by atoms with van der Waals surface area (Å²) < 4.78 is 65.4. The molecule has 1 rings (SSSR count). The van der Waals surface area contributed by atoms with Crippen LogP contribution in [-0.4, -0.2) is 31.0 Å². The zero-order chi connectivity index (χ0) is 16.1. The van der Waals surface area contributed by atoms with E-state index in [9.17, 15) is 21.6 Å². The van der Waals surface area contributed by atoms with Crippen molar-refractivity contribution in [2.75, 3.05) is 6.61 Å². The van der Waals surface area contributed by atoms with Crippen LogP contribution in [0.1, 0.15) is 31.9 Å². The van der Waals surface area contributed by atoms with E-state index in [1.165, 1.54) is 0 Å². The minimum atomic E-state index is -4.34. The van der Waals surface area contributed by atoms with E-state index in [2.05, 4.69) is 5.10 Å². The van der Waals surface area contributed by atoms with Crippen molar-refractivity contribution in [2.24, 2.45) is 0 Å². The highest BCUT2D eigenvalue weighted by Crippen LogP contribution is 2.23. The van der Waals surface area contributed by atoms with Gasteiger partial charge in [-0.15, -0.1) is 0 Å². The van der Waals surface area contributed by atoms with Gasteiger partial charge in [0, 0.05) is 30.0 Å². The monoisotopic (exact) mass is 348 g/mol. The Balaban J connectivity index is 2.82. The maximum atomic E-state index is 12.2. The van der Waals surface area contributed by atoms with Gasteiger partial charge in [-0.3, -0.25) is 4.68 Å². The summed E-state index contributed by atoms with van der Waals surface area (Å²) in [4.78, 5) is -0.317. The summed E-state index contributed by atoms with van der Waals surface area (Å²) in [6.07, 6.45) is -2.76. The van der Waals surface area contributed by atoms with Crippen LogP contribution in [0.4, 0.5) is 13.2 Å². The van der Waals surface area contributed by atoms with Gasteiger partial charge >= 0.3 is 6.18 Å². The Hall–Kier alpha value is -0.800. The third-order valence-corrected chi connectivity index (χ3v) is 3.93. The SMILES string of the molecule is CCCCOCc1nn(CCC(F)(F)F)cc1S(=O)(=O)Cl. The van der Waals surface area contributed by atoms with E-state index in [1.54, 1.807) is 0 Å². The van der Waals surface area contributed by atoms with Crippen molar-refractivity contribution in [2.45, 2.75) is 50.4 Å². The number of unbranched alkanes of at least 4 members (excludes halogenated alkanes) is 1. The molecule has 5 nitrogen and oxygen atoms in total. The van der Waals surface area contributed by atoms with Gasteiger partial charge in [-0.2, -0.15) is 18.3 Å². The van der Waals surface area contributed by atoms with Gasteiger partial charge in [-0.05, 0) is 6.42 Å². The molecule has 0 N–H and O–H groups in total. The quantitative estimate of drug-likeness (QED) is 0.535. The lowest BCUT2D eigenvalue weighted by Crippen LogP contribution is -2.12. The molecular formula is C11H16ClF3N2O3S. The second-order valence-electron chi connectivity index (χ2n) is 4.41. The normalized spacial score (nSPS) is 12.8. The second kappa shape index (κ2) is 7.46. The van der Waals surface area contributed by atoms with E-state index in [4.69, 9.17) is 15.4 Å². The molecule has 0 aromatic carbocycles. The average Bonchev–Trinajstić information content (AvgIpc) is 2.75. The van der Waals surface area contributed by atoms with Gasteiger partial charge in [-0.1, -0.05) is 13.3 Å². The van der Waals surface area contributed by atoms with Crippen molar-refractivity contribution in [3.05, 3.63) is 11.9 Å². The predicted molar refractivity (Wildman–Crippen MR) is 70.5 cm³/mol. The summed E-state index contributed by atoms with van der Waals surface area (Å²) >= 11 is 0. The molecule has 0 saturated heterocycles. The van der Waals surface area contributed by atoms with Crippen LogP contribution in [0, 0.1) is 0 Å². The Labute approximate surface area is 125 Å². The third-order valence-electron chi connectivity index (χ3n) is 2.57. The summed E-state index contributed by atoms with van der Waals surface area (Å²) in [5.41, 5.74) is 0.0169. The van der Waals surface area contributed by atoms with Crippen LogP contribution < -0.4 is 0 Å². The number of halogens is 4. The maximum Gasteiger partial charge on any atom is 0.390 e. The van der Waals surface area contributed by atoms with Crippen LogP contribution in [0.25, 0.3) is 0 Å². The van der Waals surface area contributed by atoms with Gasteiger partial charge in [0.05, 0.1) is 13.0 Å². The number of alkyl halides is 3. The Kier molecular flexibility index (Phi) is 6.48. The van der Waals surface area contributed by atoms with Crippen molar-refractivity contribution < 1.29 is 26.3 Å². The predicted octanol–water partition coefficient (Wildman–Crippen LogP) is 3.08. The summed E-state index contributed by atoms with van der Waals surface area (Å²) in [6.45, 7) is 1.79. The van der Waals surface area contributed by atoms with E-state index in [-0.39, 0.29) is 17.2 Å². The molecule has 0 saturated carbocycles. The van der Waals surface area contributed by atoms with Gasteiger partial charge in [0.25, 0.3) is 9.05 Å². The standard InChI is InChI=1S/C11H16ClF3N2O3S/c1-2-3-6-20-8-9-10(21(12,18)19)7-17(16-9)5-4-11(13,14)15/h7H,2-6,8H2,1H3. The average molecular weight is 349 g/mol. The molecule has 0 amide bonds. The molecule has 122 valence electrons. The molecule has 0 bridgehead atoms. The Bertz CT molecular complexity index is 558. The van der Waals surface area contributed by atoms with Crippen LogP contribution in [0.2, 0.25) is 0 Å². The fraction of sp³-hybridized carbons (Fsp3) is 0.727. The van der Waals surface area contributed by atoms with E-state index in [1.807, 2.05) is 6.92 Å². The highest BCUT2D eigenvalue weighted by atomic mass is 35.7. The van der Waals surface area contributed by atoms with Crippen LogP contribution in [0.5, 0.6) is 0 Å². The van der Waals surface area contributed by atoms with Crippen LogP contribution in [0.15, 0.2) is 11.1 Å². The van der Waals surface area contributed by atoms with Crippen LogP contribution >= 0.6 is 10.7 Å². The molecule has 0 aliphatic rings. The Morgan fingerprint density at radius 3 is 2.62 bits per heavy atom. The molecule has 0 spiro atoms. The third kappa shape index (κ3) is 6.66. The fourth-order valence-corrected chi connectivity index (χ4v) is 2.53. The number of aryl methyl sites for hydroxylation is 1. The van der Waals surface area contributed by atoms with Crippen molar-refractivity contribution >= 4 is 19.7 Å². The first-order chi connectivity index (χ1) is 9.63. The van der Waals surface area contributed by atoms with Crippen LogP contribution in [0.3, 0.4) is 0 Å². The summed E-state index contributed by atoms with van der Waals surface area (Å²) in [7, 11) is 1.17. The number of nitrogens with zero attached hydrogens (tertiary/aromatic N) is 2. The van der Waals surface area contributed by atoms with Crippen molar-refractivity contribution in [1.29, 1.82) is 0 Å². The first-order valence-electron chi connectivity index (χ1n) is 6.29. The molecular weight excluding hydrogens is 333 g/mol. The molecule has 0 atom stereocenters. The number of rotatable bonds is 8. The van der Waals surface area contributed by atoms with E-state index in [0.717, 1.165) is 23.7 Å². The largest absolute Gasteiger partial charge is 0.390 e. The number of ether oxygens (including phenoxy) is 1. The summed E-state index contributed by atoms with van der Waals surface area (Å²) in [6, 6.07) is 0. The number of hydrogen-bond acceptors (Lipinski definition) is 4. The second-order valence-corrected chi connectivity index (χ2v) is 6.95.